The number of benzene rings is 3. The van der Waals surface area contributed by atoms with E-state index >= 15 is 0 Å². The lowest BCUT2D eigenvalue weighted by atomic mass is 9.75. The van der Waals surface area contributed by atoms with Crippen LogP contribution >= 0.6 is 0 Å². The number of nitrogens with zero attached hydrogens (tertiary/aromatic N) is 2. The van der Waals surface area contributed by atoms with E-state index in [4.69, 9.17) is 18.9 Å². The van der Waals surface area contributed by atoms with Crippen LogP contribution in [0.25, 0.3) is 0 Å². The largest absolute Gasteiger partial charge is 0.463 e. The second-order valence-corrected chi connectivity index (χ2v) is 10.5. The highest BCUT2D eigenvalue weighted by Gasteiger charge is 2.43. The van der Waals surface area contributed by atoms with E-state index in [0.29, 0.717) is 39.4 Å². The summed E-state index contributed by atoms with van der Waals surface area (Å²) in [5.74, 6) is -0.456. The van der Waals surface area contributed by atoms with Crippen LogP contribution < -0.4 is 0 Å². The van der Waals surface area contributed by atoms with Gasteiger partial charge in [0.2, 0.25) is 0 Å². The van der Waals surface area contributed by atoms with Gasteiger partial charge in [0.15, 0.2) is 0 Å². The maximum atomic E-state index is 12.9. The molecule has 0 bridgehead atoms. The predicted molar refractivity (Wildman–Crippen MR) is 166 cm³/mol. The molecule has 0 saturated carbocycles. The van der Waals surface area contributed by atoms with Crippen LogP contribution in [0.15, 0.2) is 91.0 Å². The molecule has 1 fully saturated rings. The molecule has 3 aromatic carbocycles. The molecule has 0 N–H and O–H groups in total. The molecular weight excluding hydrogens is 560 g/mol. The third-order valence-corrected chi connectivity index (χ3v) is 7.58. The number of ketones is 1. The van der Waals surface area contributed by atoms with Crippen molar-refractivity contribution in [3.63, 3.8) is 0 Å². The zero-order chi connectivity index (χ0) is 31.0. The number of amides is 1. The second kappa shape index (κ2) is 17.3. The van der Waals surface area contributed by atoms with E-state index in [2.05, 4.69) is 77.7 Å². The summed E-state index contributed by atoms with van der Waals surface area (Å²) < 4.78 is 21.4. The Labute approximate surface area is 259 Å². The second-order valence-electron chi connectivity index (χ2n) is 10.5. The van der Waals surface area contributed by atoms with Crippen molar-refractivity contribution < 1.29 is 33.3 Å². The van der Waals surface area contributed by atoms with Gasteiger partial charge in [0.1, 0.15) is 19.0 Å². The predicted octanol–water partition coefficient (Wildman–Crippen LogP) is 4.68. The molecule has 1 aliphatic heterocycles. The van der Waals surface area contributed by atoms with Crippen LogP contribution in [-0.2, 0) is 34.1 Å². The molecule has 1 aliphatic rings. The number of piperazine rings is 1. The van der Waals surface area contributed by atoms with Gasteiger partial charge >= 0.3 is 12.1 Å². The van der Waals surface area contributed by atoms with Gasteiger partial charge in [-0.25, -0.2) is 4.79 Å². The number of Topliss-reactive ketones (excluding diaryl/α,β-unsaturated/α-hetero) is 1. The SMILES string of the molecule is CC(=O)CCC(=O)OCCOCCOCCOC(=O)N1CCN(C(c2ccccc2)(c2ccccc2)c2ccccc2)CC1. The molecule has 1 heterocycles. The highest BCUT2D eigenvalue weighted by Crippen LogP contribution is 2.42. The van der Waals surface area contributed by atoms with Gasteiger partial charge < -0.3 is 28.6 Å². The van der Waals surface area contributed by atoms with Gasteiger partial charge in [0.05, 0.1) is 38.4 Å². The Kier molecular flexibility index (Phi) is 12.9. The van der Waals surface area contributed by atoms with E-state index < -0.39 is 11.5 Å². The summed E-state index contributed by atoms with van der Waals surface area (Å²) >= 11 is 0. The number of ether oxygens (including phenoxy) is 4. The van der Waals surface area contributed by atoms with Crippen molar-refractivity contribution in [1.29, 1.82) is 0 Å². The van der Waals surface area contributed by atoms with Gasteiger partial charge in [-0.1, -0.05) is 91.0 Å². The highest BCUT2D eigenvalue weighted by molar-refractivity contribution is 5.80. The molecule has 44 heavy (non-hydrogen) atoms. The van der Waals surface area contributed by atoms with Crippen molar-refractivity contribution >= 4 is 17.8 Å². The van der Waals surface area contributed by atoms with E-state index in [1.807, 2.05) is 18.2 Å². The van der Waals surface area contributed by atoms with Gasteiger partial charge in [0.25, 0.3) is 0 Å². The fraction of sp³-hybridized carbons (Fsp3) is 0.400. The maximum Gasteiger partial charge on any atom is 0.409 e. The van der Waals surface area contributed by atoms with Crippen LogP contribution in [0.5, 0.6) is 0 Å². The lowest BCUT2D eigenvalue weighted by Gasteiger charge is -2.48. The summed E-state index contributed by atoms with van der Waals surface area (Å²) in [5, 5.41) is 0. The zero-order valence-electron chi connectivity index (χ0n) is 25.4. The molecule has 0 atom stereocenters. The quantitative estimate of drug-likeness (QED) is 0.133. The molecule has 0 aliphatic carbocycles. The van der Waals surface area contributed by atoms with Crippen molar-refractivity contribution in [3.8, 4) is 0 Å². The van der Waals surface area contributed by atoms with E-state index in [-0.39, 0.29) is 51.1 Å². The van der Waals surface area contributed by atoms with Gasteiger partial charge in [-0.15, -0.1) is 0 Å². The van der Waals surface area contributed by atoms with Crippen molar-refractivity contribution in [2.45, 2.75) is 25.3 Å². The molecule has 0 radical (unpaired) electrons. The average molecular weight is 603 g/mol. The Morgan fingerprint density at radius 2 is 1.02 bits per heavy atom. The van der Waals surface area contributed by atoms with Crippen LogP contribution in [0.4, 0.5) is 4.79 Å². The topological polar surface area (TPSA) is 94.6 Å². The fourth-order valence-electron chi connectivity index (χ4n) is 5.48. The van der Waals surface area contributed by atoms with Gasteiger partial charge in [-0.05, 0) is 23.6 Å². The third kappa shape index (κ3) is 8.98. The average Bonchev–Trinajstić information content (AvgIpc) is 3.06. The van der Waals surface area contributed by atoms with Crippen molar-refractivity contribution in [2.24, 2.45) is 0 Å². The minimum absolute atomic E-state index is 0.0452. The molecule has 0 aromatic heterocycles. The monoisotopic (exact) mass is 602 g/mol. The van der Waals surface area contributed by atoms with Crippen LogP contribution in [-0.4, -0.2) is 93.5 Å². The summed E-state index contributed by atoms with van der Waals surface area (Å²) in [6.45, 7) is 5.31. The Balaban J connectivity index is 1.23. The number of esters is 1. The fourth-order valence-corrected chi connectivity index (χ4v) is 5.48. The first kappa shape index (κ1) is 32.9. The molecule has 0 spiro atoms. The minimum atomic E-state index is -0.507. The first-order valence-corrected chi connectivity index (χ1v) is 15.2. The van der Waals surface area contributed by atoms with Crippen LogP contribution in [0, 0.1) is 0 Å². The van der Waals surface area contributed by atoms with Gasteiger partial charge in [-0.2, -0.15) is 0 Å². The Hall–Kier alpha value is -4.05. The molecule has 9 heteroatoms. The molecule has 0 unspecified atom stereocenters. The minimum Gasteiger partial charge on any atom is -0.463 e. The first-order valence-electron chi connectivity index (χ1n) is 15.2. The van der Waals surface area contributed by atoms with Crippen molar-refractivity contribution in [3.05, 3.63) is 108 Å². The molecule has 3 aromatic rings. The van der Waals surface area contributed by atoms with E-state index in [1.165, 1.54) is 23.6 Å². The van der Waals surface area contributed by atoms with Crippen molar-refractivity contribution in [2.75, 3.05) is 65.8 Å². The molecule has 1 amide bonds. The Morgan fingerprint density at radius 1 is 0.591 bits per heavy atom. The first-order chi connectivity index (χ1) is 21.5. The smallest absolute Gasteiger partial charge is 0.409 e. The van der Waals surface area contributed by atoms with Crippen LogP contribution in [0.3, 0.4) is 0 Å². The Bertz CT molecular complexity index is 1200. The number of hydrogen-bond acceptors (Lipinski definition) is 8. The third-order valence-electron chi connectivity index (χ3n) is 7.58. The highest BCUT2D eigenvalue weighted by atomic mass is 16.6. The summed E-state index contributed by atoms with van der Waals surface area (Å²) in [4.78, 5) is 39.4. The molecule has 1 saturated heterocycles. The normalized spacial score (nSPS) is 13.8. The summed E-state index contributed by atoms with van der Waals surface area (Å²) in [5.41, 5.74) is 3.04. The number of carbonyl (C=O) groups excluding carboxylic acids is 3. The summed E-state index contributed by atoms with van der Waals surface area (Å²) in [6, 6.07) is 31.7. The lowest BCUT2D eigenvalue weighted by molar-refractivity contribution is -0.146. The van der Waals surface area contributed by atoms with Crippen LogP contribution in [0.1, 0.15) is 36.5 Å². The van der Waals surface area contributed by atoms with Gasteiger partial charge in [0, 0.05) is 32.6 Å². The lowest BCUT2D eigenvalue weighted by Crippen LogP contribution is -2.57. The van der Waals surface area contributed by atoms with E-state index in [0.717, 1.165) is 0 Å². The van der Waals surface area contributed by atoms with Gasteiger partial charge in [-0.3, -0.25) is 9.69 Å². The maximum absolute atomic E-state index is 12.9. The van der Waals surface area contributed by atoms with Crippen LogP contribution in [0.2, 0.25) is 0 Å². The number of carbonyl (C=O) groups is 3. The zero-order valence-corrected chi connectivity index (χ0v) is 25.4. The number of hydrogen-bond donors (Lipinski definition) is 0. The Morgan fingerprint density at radius 3 is 1.48 bits per heavy atom. The standard InChI is InChI=1S/C35H42N2O7/c1-29(38)17-18-33(39)43-27-25-41-23-24-42-26-28-44-34(40)36-19-21-37(22-20-36)35(30-11-5-2-6-12-30,31-13-7-3-8-14-31)32-15-9-4-10-16-32/h2-16H,17-28H2,1H3. The molecule has 9 nitrogen and oxygen atoms in total. The number of rotatable bonds is 16. The molecule has 4 rings (SSSR count). The van der Waals surface area contributed by atoms with E-state index in [9.17, 15) is 14.4 Å². The summed E-state index contributed by atoms with van der Waals surface area (Å²) in [7, 11) is 0. The van der Waals surface area contributed by atoms with Crippen molar-refractivity contribution in [1.82, 2.24) is 9.80 Å². The summed E-state index contributed by atoms with van der Waals surface area (Å²) in [6.07, 6.45) is -0.0742. The van der Waals surface area contributed by atoms with E-state index in [1.54, 1.807) is 4.90 Å². The molecular formula is C35H42N2O7. The molecule has 234 valence electrons.